The van der Waals surface area contributed by atoms with Crippen molar-refractivity contribution in [1.82, 2.24) is 10.0 Å². The molecule has 12 nitrogen and oxygen atoms in total. The van der Waals surface area contributed by atoms with E-state index in [1.807, 2.05) is 0 Å². The maximum absolute atomic E-state index is 12.9. The van der Waals surface area contributed by atoms with Crippen LogP contribution in [0, 0.1) is 0 Å². The van der Waals surface area contributed by atoms with Gasteiger partial charge in [0.05, 0.1) is 0 Å². The topological polar surface area (TPSA) is 136 Å². The van der Waals surface area contributed by atoms with E-state index in [1.54, 1.807) is 121 Å². The highest BCUT2D eigenvalue weighted by atomic mass is 16.6. The summed E-state index contributed by atoms with van der Waals surface area (Å²) < 4.78 is 20.8. The molecule has 0 spiro atoms. The minimum Gasteiger partial charge on any atom is -0.443 e. The molecule has 4 aromatic carbocycles. The van der Waals surface area contributed by atoms with Crippen molar-refractivity contribution < 1.29 is 38.1 Å². The second-order valence-electron chi connectivity index (χ2n) is 8.96. The van der Waals surface area contributed by atoms with Gasteiger partial charge in [-0.05, 0) is 32.7 Å². The van der Waals surface area contributed by atoms with Gasteiger partial charge in [0.1, 0.15) is 26.4 Å². The molecule has 0 unspecified atom stereocenters. The Labute approximate surface area is 253 Å². The number of ether oxygens (including phenoxy) is 4. The Morgan fingerprint density at radius 3 is 0.795 bits per heavy atom. The summed E-state index contributed by atoms with van der Waals surface area (Å²) in [6.07, 6.45) is -5.09. The van der Waals surface area contributed by atoms with Crippen molar-refractivity contribution in [1.29, 1.82) is 0 Å². The van der Waals surface area contributed by atoms with Crippen LogP contribution in [0.2, 0.25) is 0 Å². The third-order valence-corrected chi connectivity index (χ3v) is 5.73. The van der Waals surface area contributed by atoms with Gasteiger partial charge in [0, 0.05) is 0 Å². The highest BCUT2D eigenvalue weighted by Crippen LogP contribution is 2.12. The van der Waals surface area contributed by atoms with Gasteiger partial charge < -0.3 is 18.9 Å². The molecule has 0 aliphatic heterocycles. The molecule has 4 amide bonds. The van der Waals surface area contributed by atoms with Crippen molar-refractivity contribution in [2.45, 2.75) is 26.4 Å². The van der Waals surface area contributed by atoms with E-state index in [9.17, 15) is 19.2 Å². The Morgan fingerprint density at radius 2 is 0.591 bits per heavy atom. The summed E-state index contributed by atoms with van der Waals surface area (Å²) in [6, 6.07) is 34.8. The Morgan fingerprint density at radius 1 is 0.386 bits per heavy atom. The summed E-state index contributed by atoms with van der Waals surface area (Å²) in [5, 5.41) is 7.36. The molecule has 4 aromatic rings. The Bertz CT molecular complexity index is 1310. The van der Waals surface area contributed by atoms with Crippen LogP contribution in [0.1, 0.15) is 22.3 Å². The lowest BCUT2D eigenvalue weighted by Crippen LogP contribution is -2.36. The lowest BCUT2D eigenvalue weighted by atomic mass is 10.2. The summed E-state index contributed by atoms with van der Waals surface area (Å²) >= 11 is 0. The number of amides is 4. The molecule has 0 radical (unpaired) electrons. The number of imide groups is 2. The molecule has 0 aromatic heterocycles. The fraction of sp³-hybridized carbons (Fsp3) is 0.125. The highest BCUT2D eigenvalue weighted by Gasteiger charge is 2.30. The minimum atomic E-state index is -1.27. The van der Waals surface area contributed by atoms with E-state index in [2.05, 4.69) is 10.4 Å². The normalized spacial score (nSPS) is 10.5. The molecule has 0 aliphatic rings. The van der Waals surface area contributed by atoms with Gasteiger partial charge in [-0.25, -0.2) is 19.2 Å². The van der Waals surface area contributed by atoms with Crippen LogP contribution in [0.15, 0.2) is 132 Å². The van der Waals surface area contributed by atoms with E-state index < -0.39 is 24.4 Å². The third-order valence-electron chi connectivity index (χ3n) is 5.73. The number of carbonyl (C=O) groups is 4. The van der Waals surface area contributed by atoms with Crippen molar-refractivity contribution in [3.05, 3.63) is 144 Å². The SMILES string of the molecule is O=C(OCc1ccccc1)N(/N=N/N(C(=O)OCc1ccccc1)C(=O)OCc1ccccc1)C(=O)OCc1ccccc1. The zero-order chi connectivity index (χ0) is 31.0. The molecule has 0 N–H and O–H groups in total. The minimum absolute atomic E-state index is 0.147. The fourth-order valence-electron chi connectivity index (χ4n) is 3.50. The van der Waals surface area contributed by atoms with Gasteiger partial charge in [-0.15, -0.1) is 0 Å². The van der Waals surface area contributed by atoms with Gasteiger partial charge in [0.25, 0.3) is 0 Å². The van der Waals surface area contributed by atoms with Crippen LogP contribution in [0.4, 0.5) is 19.2 Å². The van der Waals surface area contributed by atoms with E-state index in [0.717, 1.165) is 0 Å². The summed E-state index contributed by atoms with van der Waals surface area (Å²) in [5.41, 5.74) is 2.52. The second-order valence-corrected chi connectivity index (χ2v) is 8.96. The first-order chi connectivity index (χ1) is 21.5. The summed E-state index contributed by atoms with van der Waals surface area (Å²) in [4.78, 5) is 51.8. The van der Waals surface area contributed by atoms with E-state index in [4.69, 9.17) is 18.9 Å². The number of hydrogen-bond donors (Lipinski definition) is 0. The number of benzene rings is 4. The molecular formula is C32H28N4O8. The predicted molar refractivity (Wildman–Crippen MR) is 155 cm³/mol. The van der Waals surface area contributed by atoms with Crippen LogP contribution < -0.4 is 0 Å². The molecule has 12 heteroatoms. The van der Waals surface area contributed by atoms with Crippen LogP contribution in [0.5, 0.6) is 0 Å². The molecule has 0 saturated heterocycles. The molecule has 4 rings (SSSR count). The molecule has 0 aliphatic carbocycles. The summed E-state index contributed by atoms with van der Waals surface area (Å²) in [5.74, 6) is 0. The lowest BCUT2D eigenvalue weighted by molar-refractivity contribution is 0.0521. The quantitative estimate of drug-likeness (QED) is 0.106. The van der Waals surface area contributed by atoms with Crippen LogP contribution >= 0.6 is 0 Å². The molecule has 0 fully saturated rings. The van der Waals surface area contributed by atoms with Crippen molar-refractivity contribution in [3.8, 4) is 0 Å². The Balaban J connectivity index is 1.52. The van der Waals surface area contributed by atoms with Gasteiger partial charge >= 0.3 is 24.4 Å². The maximum atomic E-state index is 12.9. The zero-order valence-corrected chi connectivity index (χ0v) is 23.4. The lowest BCUT2D eigenvalue weighted by Gasteiger charge is -2.17. The van der Waals surface area contributed by atoms with E-state index in [0.29, 0.717) is 22.3 Å². The number of hydrogen-bond acceptors (Lipinski definition) is 10. The molecule has 0 atom stereocenters. The van der Waals surface area contributed by atoms with Crippen molar-refractivity contribution in [3.63, 3.8) is 0 Å². The van der Waals surface area contributed by atoms with Gasteiger partial charge in [-0.1, -0.05) is 131 Å². The van der Waals surface area contributed by atoms with Crippen molar-refractivity contribution in [2.75, 3.05) is 0 Å². The smallest absolute Gasteiger partial charge is 0.442 e. The number of rotatable bonds is 10. The first-order valence-electron chi connectivity index (χ1n) is 13.3. The fourth-order valence-corrected chi connectivity index (χ4v) is 3.50. The zero-order valence-electron chi connectivity index (χ0n) is 23.4. The van der Waals surface area contributed by atoms with Crippen LogP contribution in [-0.4, -0.2) is 34.4 Å². The molecule has 0 heterocycles. The Hall–Kier alpha value is -6.04. The monoisotopic (exact) mass is 596 g/mol. The van der Waals surface area contributed by atoms with E-state index in [1.165, 1.54) is 0 Å². The number of carbonyl (C=O) groups excluding carboxylic acids is 4. The van der Waals surface area contributed by atoms with Crippen LogP contribution in [0.3, 0.4) is 0 Å². The van der Waals surface area contributed by atoms with Crippen LogP contribution in [0.25, 0.3) is 0 Å². The molecule has 224 valence electrons. The Kier molecular flexibility index (Phi) is 11.5. The molecule has 44 heavy (non-hydrogen) atoms. The van der Waals surface area contributed by atoms with Crippen molar-refractivity contribution in [2.24, 2.45) is 10.4 Å². The second kappa shape index (κ2) is 16.4. The van der Waals surface area contributed by atoms with Gasteiger partial charge in [-0.2, -0.15) is 0 Å². The largest absolute Gasteiger partial charge is 0.443 e. The summed E-state index contributed by atoms with van der Waals surface area (Å²) in [7, 11) is 0. The highest BCUT2D eigenvalue weighted by molar-refractivity contribution is 5.88. The molecular weight excluding hydrogens is 568 g/mol. The van der Waals surface area contributed by atoms with E-state index >= 15 is 0 Å². The predicted octanol–water partition coefficient (Wildman–Crippen LogP) is 7.22. The average Bonchev–Trinajstić information content (AvgIpc) is 3.08. The maximum Gasteiger partial charge on any atom is 0.442 e. The average molecular weight is 597 g/mol. The van der Waals surface area contributed by atoms with Gasteiger partial charge in [0.2, 0.25) is 0 Å². The van der Waals surface area contributed by atoms with Crippen molar-refractivity contribution >= 4 is 24.4 Å². The first kappa shape index (κ1) is 30.9. The first-order valence-corrected chi connectivity index (χ1v) is 13.3. The molecule has 0 saturated carbocycles. The molecule has 0 bridgehead atoms. The van der Waals surface area contributed by atoms with E-state index in [-0.39, 0.29) is 36.4 Å². The number of nitrogens with zero attached hydrogens (tertiary/aromatic N) is 4. The third kappa shape index (κ3) is 9.80. The van der Waals surface area contributed by atoms with Gasteiger partial charge in [-0.3, -0.25) is 0 Å². The van der Waals surface area contributed by atoms with Gasteiger partial charge in [0.15, 0.2) is 0 Å². The standard InChI is InChI=1S/C32H28N4O8/c37-29(41-21-25-13-5-1-6-14-25)35(30(38)42-22-26-15-7-2-8-16-26)33-34-36(31(39)43-23-27-17-9-3-10-18-27)32(40)44-24-28-19-11-4-12-20-28/h1-20H,21-24H2/b34-33+. The summed E-state index contributed by atoms with van der Waals surface area (Å²) in [6.45, 7) is -0.835. The van der Waals surface area contributed by atoms with Crippen LogP contribution in [-0.2, 0) is 45.4 Å².